The number of hydrogen-bond donors (Lipinski definition) is 1. The van der Waals surface area contributed by atoms with Crippen LogP contribution in [0.2, 0.25) is 0 Å². The van der Waals surface area contributed by atoms with Crippen LogP contribution in [0.25, 0.3) is 10.9 Å². The van der Waals surface area contributed by atoms with Crippen molar-refractivity contribution < 1.29 is 0 Å². The summed E-state index contributed by atoms with van der Waals surface area (Å²) >= 11 is 0. The van der Waals surface area contributed by atoms with Gasteiger partial charge in [-0.25, -0.2) is 0 Å². The minimum absolute atomic E-state index is 0.416. The molecule has 0 amide bonds. The van der Waals surface area contributed by atoms with Crippen LogP contribution >= 0.6 is 0 Å². The molecule has 2 aromatic rings. The minimum atomic E-state index is 0.416. The Hall–Kier alpha value is -1.45. The zero-order valence-electron chi connectivity index (χ0n) is 12.8. The first-order valence-corrected chi connectivity index (χ1v) is 8.10. The molecule has 0 aliphatic heterocycles. The third-order valence-corrected chi connectivity index (χ3v) is 4.69. The number of aromatic nitrogens is 1. The van der Waals surface area contributed by atoms with Crippen molar-refractivity contribution in [3.05, 3.63) is 42.1 Å². The number of fused-ring (bicyclic) bond motifs is 1. The number of para-hydroxylation sites is 1. The third kappa shape index (κ3) is 3.42. The monoisotopic (exact) mass is 283 g/mol. The van der Waals surface area contributed by atoms with Crippen LogP contribution in [0.3, 0.4) is 0 Å². The Balaban J connectivity index is 1.72. The van der Waals surface area contributed by atoms with Crippen LogP contribution in [0.15, 0.2) is 36.4 Å². The smallest absolute Gasteiger partial charge is 0.0705 e. The minimum Gasteiger partial charge on any atom is -0.328 e. The predicted molar refractivity (Wildman–Crippen MR) is 88.1 cm³/mol. The standard InChI is InChI=1S/C18H25N3/c1-2-21(17-11-8-15(19)9-12-17)13-16-10-7-14-5-3-4-6-18(14)20-16/h3-7,10,15,17H,2,8-9,11-13,19H2,1H3. The highest BCUT2D eigenvalue weighted by Crippen LogP contribution is 2.23. The number of hydrogen-bond acceptors (Lipinski definition) is 3. The fourth-order valence-electron chi connectivity index (χ4n) is 3.37. The van der Waals surface area contributed by atoms with Crippen molar-refractivity contribution >= 4 is 10.9 Å². The van der Waals surface area contributed by atoms with E-state index < -0.39 is 0 Å². The number of rotatable bonds is 4. The zero-order valence-corrected chi connectivity index (χ0v) is 12.8. The fraction of sp³-hybridized carbons (Fsp3) is 0.500. The van der Waals surface area contributed by atoms with Gasteiger partial charge in [-0.3, -0.25) is 9.88 Å². The van der Waals surface area contributed by atoms with Crippen molar-refractivity contribution in [3.63, 3.8) is 0 Å². The van der Waals surface area contributed by atoms with Gasteiger partial charge in [0.1, 0.15) is 0 Å². The van der Waals surface area contributed by atoms with Gasteiger partial charge in [-0.2, -0.15) is 0 Å². The normalized spacial score (nSPS) is 22.8. The summed E-state index contributed by atoms with van der Waals surface area (Å²) in [5.41, 5.74) is 8.29. The molecule has 0 bridgehead atoms. The first-order valence-electron chi connectivity index (χ1n) is 8.10. The maximum atomic E-state index is 6.02. The molecule has 1 aromatic carbocycles. The molecule has 112 valence electrons. The molecule has 21 heavy (non-hydrogen) atoms. The van der Waals surface area contributed by atoms with Crippen LogP contribution in [0.5, 0.6) is 0 Å². The topological polar surface area (TPSA) is 42.2 Å². The molecule has 1 aromatic heterocycles. The SMILES string of the molecule is CCN(Cc1ccc2ccccc2n1)C1CCC(N)CC1. The van der Waals surface area contributed by atoms with Gasteiger partial charge in [-0.1, -0.05) is 31.2 Å². The lowest BCUT2D eigenvalue weighted by atomic mass is 9.90. The van der Waals surface area contributed by atoms with Gasteiger partial charge in [0.05, 0.1) is 11.2 Å². The summed E-state index contributed by atoms with van der Waals surface area (Å²) < 4.78 is 0. The average Bonchev–Trinajstić information content (AvgIpc) is 2.53. The summed E-state index contributed by atoms with van der Waals surface area (Å²) in [5, 5.41) is 1.22. The summed E-state index contributed by atoms with van der Waals surface area (Å²) in [4.78, 5) is 7.36. The van der Waals surface area contributed by atoms with Gasteiger partial charge >= 0.3 is 0 Å². The molecule has 3 rings (SSSR count). The van der Waals surface area contributed by atoms with E-state index in [4.69, 9.17) is 10.7 Å². The molecule has 3 heteroatoms. The quantitative estimate of drug-likeness (QED) is 0.936. The second-order valence-corrected chi connectivity index (χ2v) is 6.13. The largest absolute Gasteiger partial charge is 0.328 e. The molecular weight excluding hydrogens is 258 g/mol. The first-order chi connectivity index (χ1) is 10.3. The Kier molecular flexibility index (Phi) is 4.51. The fourth-order valence-corrected chi connectivity index (χ4v) is 3.37. The van der Waals surface area contributed by atoms with Crippen molar-refractivity contribution in [2.24, 2.45) is 5.73 Å². The van der Waals surface area contributed by atoms with E-state index in [-0.39, 0.29) is 0 Å². The van der Waals surface area contributed by atoms with Gasteiger partial charge in [0, 0.05) is 24.0 Å². The van der Waals surface area contributed by atoms with E-state index in [0.29, 0.717) is 12.1 Å². The average molecular weight is 283 g/mol. The Morgan fingerprint density at radius 3 is 2.62 bits per heavy atom. The Bertz CT molecular complexity index is 588. The highest BCUT2D eigenvalue weighted by atomic mass is 15.2. The lowest BCUT2D eigenvalue weighted by molar-refractivity contribution is 0.148. The van der Waals surface area contributed by atoms with Gasteiger partial charge in [0.25, 0.3) is 0 Å². The Morgan fingerprint density at radius 2 is 1.86 bits per heavy atom. The third-order valence-electron chi connectivity index (χ3n) is 4.69. The van der Waals surface area contributed by atoms with E-state index in [1.54, 1.807) is 0 Å². The van der Waals surface area contributed by atoms with E-state index in [1.807, 2.05) is 0 Å². The molecule has 0 saturated heterocycles. The number of nitrogens with two attached hydrogens (primary N) is 1. The van der Waals surface area contributed by atoms with E-state index in [0.717, 1.165) is 31.4 Å². The molecule has 1 aliphatic carbocycles. The molecule has 1 heterocycles. The number of benzene rings is 1. The number of pyridine rings is 1. The summed E-state index contributed by atoms with van der Waals surface area (Å²) in [6.07, 6.45) is 4.77. The molecule has 0 radical (unpaired) electrons. The zero-order chi connectivity index (χ0) is 14.7. The van der Waals surface area contributed by atoms with E-state index >= 15 is 0 Å². The van der Waals surface area contributed by atoms with Gasteiger partial charge in [0.2, 0.25) is 0 Å². The van der Waals surface area contributed by atoms with Crippen molar-refractivity contribution in [1.82, 2.24) is 9.88 Å². The summed E-state index contributed by atoms with van der Waals surface area (Å²) in [6, 6.07) is 13.8. The summed E-state index contributed by atoms with van der Waals surface area (Å²) in [6.45, 7) is 4.27. The van der Waals surface area contributed by atoms with Crippen LogP contribution < -0.4 is 5.73 Å². The Morgan fingerprint density at radius 1 is 1.10 bits per heavy atom. The predicted octanol–water partition coefficient (Wildman–Crippen LogP) is 3.33. The molecule has 1 aliphatic rings. The van der Waals surface area contributed by atoms with Crippen LogP contribution in [0.4, 0.5) is 0 Å². The van der Waals surface area contributed by atoms with Crippen molar-refractivity contribution in [2.45, 2.75) is 51.2 Å². The maximum absolute atomic E-state index is 6.02. The Labute approximate surface area is 127 Å². The molecule has 1 saturated carbocycles. The lowest BCUT2D eigenvalue weighted by Crippen LogP contribution is -2.40. The van der Waals surface area contributed by atoms with Gasteiger partial charge < -0.3 is 5.73 Å². The second-order valence-electron chi connectivity index (χ2n) is 6.13. The first kappa shape index (κ1) is 14.5. The molecule has 1 fully saturated rings. The highest BCUT2D eigenvalue weighted by molar-refractivity contribution is 5.78. The summed E-state index contributed by atoms with van der Waals surface area (Å²) in [7, 11) is 0. The van der Waals surface area contributed by atoms with Crippen molar-refractivity contribution in [2.75, 3.05) is 6.54 Å². The van der Waals surface area contributed by atoms with Crippen LogP contribution in [-0.2, 0) is 6.54 Å². The highest BCUT2D eigenvalue weighted by Gasteiger charge is 2.23. The molecular formula is C18H25N3. The van der Waals surface area contributed by atoms with Gasteiger partial charge in [0.15, 0.2) is 0 Å². The second kappa shape index (κ2) is 6.54. The maximum Gasteiger partial charge on any atom is 0.0705 e. The van der Waals surface area contributed by atoms with E-state index in [2.05, 4.69) is 48.2 Å². The van der Waals surface area contributed by atoms with Crippen LogP contribution in [0, 0.1) is 0 Å². The summed E-state index contributed by atoms with van der Waals surface area (Å²) in [5.74, 6) is 0. The molecule has 3 nitrogen and oxygen atoms in total. The molecule has 0 unspecified atom stereocenters. The molecule has 0 spiro atoms. The van der Waals surface area contributed by atoms with Crippen LogP contribution in [0.1, 0.15) is 38.3 Å². The van der Waals surface area contributed by atoms with E-state index in [9.17, 15) is 0 Å². The van der Waals surface area contributed by atoms with Crippen molar-refractivity contribution in [1.29, 1.82) is 0 Å². The van der Waals surface area contributed by atoms with Crippen molar-refractivity contribution in [3.8, 4) is 0 Å². The van der Waals surface area contributed by atoms with Gasteiger partial charge in [-0.15, -0.1) is 0 Å². The van der Waals surface area contributed by atoms with E-state index in [1.165, 1.54) is 23.9 Å². The van der Waals surface area contributed by atoms with Gasteiger partial charge in [-0.05, 0) is 44.4 Å². The lowest BCUT2D eigenvalue weighted by Gasteiger charge is -2.35. The van der Waals surface area contributed by atoms with Crippen LogP contribution in [-0.4, -0.2) is 28.5 Å². The number of nitrogens with zero attached hydrogens (tertiary/aromatic N) is 2. The molecule has 2 N–H and O–H groups in total. The molecule has 0 atom stereocenters.